The molecular formula is C16H12ClN3O3S2. The van der Waals surface area contributed by atoms with Gasteiger partial charge in [0.25, 0.3) is 5.91 Å². The van der Waals surface area contributed by atoms with E-state index >= 15 is 0 Å². The smallest absolute Gasteiger partial charge is 0.315 e. The van der Waals surface area contributed by atoms with Crippen LogP contribution in [-0.4, -0.2) is 15.4 Å². The van der Waals surface area contributed by atoms with Crippen molar-refractivity contribution < 1.29 is 9.72 Å². The summed E-state index contributed by atoms with van der Waals surface area (Å²) in [6.45, 7) is 2.59. The Labute approximate surface area is 155 Å². The minimum atomic E-state index is -0.459. The Morgan fingerprint density at radius 2 is 2.16 bits per heavy atom. The third kappa shape index (κ3) is 3.71. The van der Waals surface area contributed by atoms with Crippen LogP contribution in [0.2, 0.25) is 5.02 Å². The van der Waals surface area contributed by atoms with Gasteiger partial charge in [0.05, 0.1) is 20.2 Å². The number of halogens is 1. The Balaban J connectivity index is 1.93. The van der Waals surface area contributed by atoms with E-state index < -0.39 is 10.8 Å². The lowest BCUT2D eigenvalue weighted by atomic mass is 10.3. The lowest BCUT2D eigenvalue weighted by molar-refractivity contribution is -0.380. The summed E-state index contributed by atoms with van der Waals surface area (Å²) in [6, 6.07) is 8.60. The van der Waals surface area contributed by atoms with E-state index in [9.17, 15) is 14.9 Å². The van der Waals surface area contributed by atoms with E-state index in [2.05, 4.69) is 4.99 Å². The van der Waals surface area contributed by atoms with Crippen LogP contribution >= 0.6 is 34.3 Å². The zero-order valence-corrected chi connectivity index (χ0v) is 15.4. The second-order valence-corrected chi connectivity index (χ2v) is 7.44. The van der Waals surface area contributed by atoms with Gasteiger partial charge in [-0.1, -0.05) is 40.3 Å². The lowest BCUT2D eigenvalue weighted by Crippen LogP contribution is -2.15. The molecule has 0 radical (unpaired) electrons. The van der Waals surface area contributed by atoms with E-state index in [1.165, 1.54) is 29.6 Å². The van der Waals surface area contributed by atoms with Crippen LogP contribution in [0, 0.1) is 10.1 Å². The van der Waals surface area contributed by atoms with Gasteiger partial charge in [-0.25, -0.2) is 0 Å². The van der Waals surface area contributed by atoms with Crippen molar-refractivity contribution >= 4 is 61.5 Å². The summed E-state index contributed by atoms with van der Waals surface area (Å²) in [5, 5.41) is 11.3. The van der Waals surface area contributed by atoms with Crippen molar-refractivity contribution in [1.29, 1.82) is 0 Å². The first-order valence-corrected chi connectivity index (χ1v) is 9.29. The second-order valence-electron chi connectivity index (χ2n) is 4.93. The molecule has 9 heteroatoms. The maximum Gasteiger partial charge on any atom is 0.324 e. The summed E-state index contributed by atoms with van der Waals surface area (Å²) < 4.78 is 2.85. The number of fused-ring (bicyclic) bond motifs is 1. The van der Waals surface area contributed by atoms with Gasteiger partial charge in [-0.15, -0.1) is 0 Å². The molecule has 0 bridgehead atoms. The van der Waals surface area contributed by atoms with Crippen molar-refractivity contribution in [2.24, 2.45) is 4.99 Å². The molecule has 0 unspecified atom stereocenters. The monoisotopic (exact) mass is 393 g/mol. The number of rotatable bonds is 4. The number of hydrogen-bond donors (Lipinski definition) is 0. The first kappa shape index (κ1) is 17.5. The molecule has 0 spiro atoms. The van der Waals surface area contributed by atoms with Crippen LogP contribution in [0.1, 0.15) is 11.8 Å². The first-order valence-electron chi connectivity index (χ1n) is 7.28. The molecule has 0 saturated heterocycles. The fraction of sp³-hybridized carbons (Fsp3) is 0.125. The Bertz CT molecular complexity index is 1060. The molecule has 2 aromatic heterocycles. The quantitative estimate of drug-likeness (QED) is 0.372. The Morgan fingerprint density at radius 1 is 1.36 bits per heavy atom. The molecular weight excluding hydrogens is 382 g/mol. The van der Waals surface area contributed by atoms with Crippen LogP contribution in [0.5, 0.6) is 0 Å². The van der Waals surface area contributed by atoms with Gasteiger partial charge < -0.3 is 4.57 Å². The zero-order valence-electron chi connectivity index (χ0n) is 13.0. The molecule has 0 fully saturated rings. The molecule has 25 heavy (non-hydrogen) atoms. The molecule has 0 aliphatic carbocycles. The molecule has 3 rings (SSSR count). The van der Waals surface area contributed by atoms with Gasteiger partial charge in [0.15, 0.2) is 4.80 Å². The van der Waals surface area contributed by atoms with Gasteiger partial charge in [0.2, 0.25) is 0 Å². The minimum Gasteiger partial charge on any atom is -0.315 e. The number of benzene rings is 1. The summed E-state index contributed by atoms with van der Waals surface area (Å²) in [4.78, 5) is 27.7. The predicted molar refractivity (Wildman–Crippen MR) is 101 cm³/mol. The van der Waals surface area contributed by atoms with Crippen LogP contribution in [0.3, 0.4) is 0 Å². The molecule has 128 valence electrons. The van der Waals surface area contributed by atoms with E-state index in [0.717, 1.165) is 21.6 Å². The highest BCUT2D eigenvalue weighted by molar-refractivity contribution is 7.16. The van der Waals surface area contributed by atoms with Gasteiger partial charge in [-0.2, -0.15) is 4.99 Å². The highest BCUT2D eigenvalue weighted by Crippen LogP contribution is 2.26. The number of thiophene rings is 1. The maximum atomic E-state index is 12.1. The van der Waals surface area contributed by atoms with Gasteiger partial charge in [0.1, 0.15) is 0 Å². The van der Waals surface area contributed by atoms with Crippen molar-refractivity contribution in [3.63, 3.8) is 0 Å². The van der Waals surface area contributed by atoms with E-state index in [1.54, 1.807) is 12.1 Å². The number of aryl methyl sites for hydroxylation is 1. The third-order valence-electron chi connectivity index (χ3n) is 3.36. The molecule has 2 heterocycles. The number of amides is 1. The van der Waals surface area contributed by atoms with Crippen molar-refractivity contribution in [3.8, 4) is 0 Å². The molecule has 1 aromatic carbocycles. The minimum absolute atomic E-state index is 0.0343. The molecule has 0 aliphatic rings. The van der Waals surface area contributed by atoms with Crippen LogP contribution in [-0.2, 0) is 11.3 Å². The first-order chi connectivity index (χ1) is 12.0. The lowest BCUT2D eigenvalue weighted by Gasteiger charge is -2.01. The van der Waals surface area contributed by atoms with Gasteiger partial charge in [-0.05, 0) is 31.2 Å². The van der Waals surface area contributed by atoms with Crippen molar-refractivity contribution in [1.82, 2.24) is 4.57 Å². The second kappa shape index (κ2) is 7.30. The van der Waals surface area contributed by atoms with Gasteiger partial charge >= 0.3 is 5.00 Å². The van der Waals surface area contributed by atoms with Gasteiger partial charge in [-0.3, -0.25) is 14.9 Å². The average Bonchev–Trinajstić information content (AvgIpc) is 3.17. The predicted octanol–water partition coefficient (Wildman–Crippen LogP) is 4.49. The number of hydrogen-bond acceptors (Lipinski definition) is 5. The standard InChI is InChI=1S/C16H12ClN3O3S2/c1-2-19-15-11(17)4-3-5-12(15)25-16(19)18-13(21)8-6-10-7-9-14(24-10)20(22)23/h3-9H,2H2,1H3. The Morgan fingerprint density at radius 3 is 2.84 bits per heavy atom. The van der Waals surface area contributed by atoms with Crippen molar-refractivity contribution in [2.45, 2.75) is 13.5 Å². The Hall–Kier alpha value is -2.29. The summed E-state index contributed by atoms with van der Waals surface area (Å²) in [6.07, 6.45) is 2.83. The van der Waals surface area contributed by atoms with Crippen LogP contribution < -0.4 is 4.80 Å². The number of nitrogens with zero attached hydrogens (tertiary/aromatic N) is 3. The fourth-order valence-corrected chi connectivity index (χ4v) is 4.46. The number of carbonyl (C=O) groups is 1. The Kier molecular flexibility index (Phi) is 5.12. The van der Waals surface area contributed by atoms with Crippen LogP contribution in [0.25, 0.3) is 16.3 Å². The highest BCUT2D eigenvalue weighted by atomic mass is 35.5. The van der Waals surface area contributed by atoms with Crippen LogP contribution in [0.15, 0.2) is 41.4 Å². The summed E-state index contributed by atoms with van der Waals surface area (Å²) in [5.41, 5.74) is 0.862. The zero-order chi connectivity index (χ0) is 18.0. The fourth-order valence-electron chi connectivity index (χ4n) is 2.28. The number of aromatic nitrogens is 1. The largest absolute Gasteiger partial charge is 0.324 e. The van der Waals surface area contributed by atoms with E-state index in [0.29, 0.717) is 21.2 Å². The number of para-hydroxylation sites is 1. The topological polar surface area (TPSA) is 77.5 Å². The summed E-state index contributed by atoms with van der Waals surface area (Å²) in [5.74, 6) is -0.430. The highest BCUT2D eigenvalue weighted by Gasteiger charge is 2.10. The number of carbonyl (C=O) groups excluding carboxylic acids is 1. The normalized spacial score (nSPS) is 12.3. The van der Waals surface area contributed by atoms with Crippen molar-refractivity contribution in [2.75, 3.05) is 0 Å². The number of thiazole rings is 1. The molecule has 0 atom stereocenters. The molecule has 6 nitrogen and oxygen atoms in total. The number of nitro groups is 1. The molecule has 0 aliphatic heterocycles. The molecule has 0 saturated carbocycles. The van der Waals surface area contributed by atoms with E-state index in [4.69, 9.17) is 11.6 Å². The SMILES string of the molecule is CCn1c(=NC(=O)C=Cc2ccc([N+](=O)[O-])s2)sc2cccc(Cl)c21. The van der Waals surface area contributed by atoms with E-state index in [-0.39, 0.29) is 5.00 Å². The molecule has 3 aromatic rings. The maximum absolute atomic E-state index is 12.1. The van der Waals surface area contributed by atoms with Gasteiger partial charge in [0, 0.05) is 23.6 Å². The van der Waals surface area contributed by atoms with E-state index in [1.807, 2.05) is 23.6 Å². The summed E-state index contributed by atoms with van der Waals surface area (Å²) in [7, 11) is 0. The molecule has 0 N–H and O–H groups in total. The molecule has 1 amide bonds. The average molecular weight is 394 g/mol. The van der Waals surface area contributed by atoms with Crippen molar-refractivity contribution in [3.05, 3.63) is 61.2 Å². The van der Waals surface area contributed by atoms with Crippen LogP contribution in [0.4, 0.5) is 5.00 Å². The summed E-state index contributed by atoms with van der Waals surface area (Å²) >= 11 is 8.65. The third-order valence-corrected chi connectivity index (χ3v) is 5.71.